The molecule has 0 saturated heterocycles. The van der Waals surface area contributed by atoms with Crippen LogP contribution in [0, 0.1) is 0 Å². The molecule has 7 rings (SSSR count). The van der Waals surface area contributed by atoms with Crippen molar-refractivity contribution in [2.75, 3.05) is 5.32 Å². The van der Waals surface area contributed by atoms with E-state index in [1.807, 2.05) is 28.9 Å². The molecule has 6 heteroatoms. The third-order valence-electron chi connectivity index (χ3n) is 6.13. The van der Waals surface area contributed by atoms with Gasteiger partial charge in [0, 0.05) is 23.0 Å². The monoisotopic (exact) mass is 445 g/mol. The Labute approximate surface area is 194 Å². The van der Waals surface area contributed by atoms with E-state index in [0.29, 0.717) is 0 Å². The molecule has 158 valence electrons. The van der Waals surface area contributed by atoms with Crippen LogP contribution in [0.1, 0.15) is 11.7 Å². The molecular formula is C27H19N5S. The zero-order chi connectivity index (χ0) is 21.8. The Bertz CT molecular complexity index is 1590. The summed E-state index contributed by atoms with van der Waals surface area (Å²) in [5, 5.41) is 10.9. The first-order valence-corrected chi connectivity index (χ1v) is 11.8. The van der Waals surface area contributed by atoms with Crippen LogP contribution in [0.2, 0.25) is 0 Å². The molecule has 0 radical (unpaired) electrons. The van der Waals surface area contributed by atoms with Gasteiger partial charge in [-0.2, -0.15) is 5.10 Å². The van der Waals surface area contributed by atoms with Crippen molar-refractivity contribution < 1.29 is 0 Å². The minimum absolute atomic E-state index is 0.142. The van der Waals surface area contributed by atoms with Gasteiger partial charge in [0.2, 0.25) is 0 Å². The van der Waals surface area contributed by atoms with Crippen molar-refractivity contribution in [2.24, 2.45) is 0 Å². The normalized spacial score (nSPS) is 14.6. The Morgan fingerprint density at radius 3 is 2.52 bits per heavy atom. The van der Waals surface area contributed by atoms with E-state index in [-0.39, 0.29) is 6.17 Å². The predicted molar refractivity (Wildman–Crippen MR) is 134 cm³/mol. The number of nitrogens with zero attached hydrogens (tertiary/aromatic N) is 4. The molecular weight excluding hydrogens is 426 g/mol. The molecule has 5 nitrogen and oxygen atoms in total. The first-order valence-electron chi connectivity index (χ1n) is 10.9. The SMILES string of the molecule is c1ccc(-n2cc(C3Nc4ccccc4-c4nc5ccccc5n43)c(-c3cccs3)n2)cc1. The van der Waals surface area contributed by atoms with E-state index in [0.717, 1.165) is 49.9 Å². The molecule has 4 heterocycles. The Hall–Kier alpha value is -4.16. The van der Waals surface area contributed by atoms with Crippen LogP contribution < -0.4 is 5.32 Å². The van der Waals surface area contributed by atoms with E-state index in [2.05, 4.69) is 88.2 Å². The molecule has 1 aliphatic heterocycles. The van der Waals surface area contributed by atoms with Crippen LogP contribution in [0.3, 0.4) is 0 Å². The van der Waals surface area contributed by atoms with Crippen LogP contribution in [-0.4, -0.2) is 19.3 Å². The van der Waals surface area contributed by atoms with Gasteiger partial charge in [-0.3, -0.25) is 4.57 Å². The third-order valence-corrected chi connectivity index (χ3v) is 7.00. The van der Waals surface area contributed by atoms with Gasteiger partial charge in [0.05, 0.1) is 21.6 Å². The summed E-state index contributed by atoms with van der Waals surface area (Å²) >= 11 is 1.71. The molecule has 0 aliphatic carbocycles. The molecule has 33 heavy (non-hydrogen) atoms. The van der Waals surface area contributed by atoms with Crippen molar-refractivity contribution in [3.63, 3.8) is 0 Å². The molecule has 0 amide bonds. The fraction of sp³-hybridized carbons (Fsp3) is 0.0370. The number of hydrogen-bond acceptors (Lipinski definition) is 4. The first-order chi connectivity index (χ1) is 16.4. The number of para-hydroxylation sites is 4. The van der Waals surface area contributed by atoms with E-state index in [1.54, 1.807) is 11.3 Å². The highest BCUT2D eigenvalue weighted by atomic mass is 32.1. The number of thiophene rings is 1. The molecule has 0 bridgehead atoms. The van der Waals surface area contributed by atoms with Crippen LogP contribution in [0.25, 0.3) is 38.7 Å². The summed E-state index contributed by atoms with van der Waals surface area (Å²) in [4.78, 5) is 6.17. The fourth-order valence-corrected chi connectivity index (χ4v) is 5.36. The fourth-order valence-electron chi connectivity index (χ4n) is 4.63. The van der Waals surface area contributed by atoms with Gasteiger partial charge in [0.1, 0.15) is 17.7 Å². The number of imidazole rings is 1. The maximum atomic E-state index is 5.04. The standard InChI is InChI=1S/C27H19N5S/c1-2-9-18(10-3-1)31-17-20(25(30-31)24-15-8-16-33-24)27-28-21-12-5-4-11-19(21)26-29-22-13-6-7-14-23(22)32(26)27/h1-17,27-28H. The lowest BCUT2D eigenvalue weighted by molar-refractivity contribution is 0.670. The maximum absolute atomic E-state index is 5.04. The largest absolute Gasteiger partial charge is 0.360 e. The zero-order valence-electron chi connectivity index (χ0n) is 17.6. The molecule has 1 unspecified atom stereocenters. The molecule has 1 atom stereocenters. The van der Waals surface area contributed by atoms with Crippen molar-refractivity contribution in [1.29, 1.82) is 0 Å². The second kappa shape index (κ2) is 7.18. The number of nitrogens with one attached hydrogen (secondary N) is 1. The molecule has 1 aliphatic rings. The lowest BCUT2D eigenvalue weighted by atomic mass is 10.1. The van der Waals surface area contributed by atoms with Gasteiger partial charge in [-0.25, -0.2) is 9.67 Å². The van der Waals surface area contributed by atoms with E-state index < -0.39 is 0 Å². The minimum Gasteiger partial charge on any atom is -0.360 e. The Kier molecular flexibility index (Phi) is 4.01. The third kappa shape index (κ3) is 2.84. The number of hydrogen-bond donors (Lipinski definition) is 1. The average Bonchev–Trinajstić information content (AvgIpc) is 3.62. The second-order valence-corrected chi connectivity index (χ2v) is 9.02. The van der Waals surface area contributed by atoms with Gasteiger partial charge < -0.3 is 5.32 Å². The van der Waals surface area contributed by atoms with Crippen molar-refractivity contribution in [2.45, 2.75) is 6.17 Å². The van der Waals surface area contributed by atoms with E-state index in [9.17, 15) is 0 Å². The summed E-state index contributed by atoms with van der Waals surface area (Å²) in [6.07, 6.45) is 2.01. The van der Waals surface area contributed by atoms with Gasteiger partial charge in [0.15, 0.2) is 0 Å². The number of benzene rings is 3. The molecule has 1 N–H and O–H groups in total. The van der Waals surface area contributed by atoms with Crippen LogP contribution in [0.5, 0.6) is 0 Å². The summed E-state index contributed by atoms with van der Waals surface area (Å²) in [5.74, 6) is 0.972. The van der Waals surface area contributed by atoms with E-state index in [4.69, 9.17) is 10.1 Å². The highest BCUT2D eigenvalue weighted by Gasteiger charge is 2.31. The van der Waals surface area contributed by atoms with Crippen molar-refractivity contribution in [3.05, 3.63) is 108 Å². The van der Waals surface area contributed by atoms with Gasteiger partial charge >= 0.3 is 0 Å². The highest BCUT2D eigenvalue weighted by molar-refractivity contribution is 7.13. The van der Waals surface area contributed by atoms with Gasteiger partial charge in [-0.05, 0) is 47.8 Å². The van der Waals surface area contributed by atoms with E-state index in [1.165, 1.54) is 0 Å². The van der Waals surface area contributed by atoms with Crippen molar-refractivity contribution in [1.82, 2.24) is 19.3 Å². The Morgan fingerprint density at radius 2 is 1.64 bits per heavy atom. The number of fused-ring (bicyclic) bond motifs is 5. The molecule has 0 saturated carbocycles. The minimum atomic E-state index is -0.142. The van der Waals surface area contributed by atoms with Crippen LogP contribution >= 0.6 is 11.3 Å². The quantitative estimate of drug-likeness (QED) is 0.334. The molecule has 6 aromatic rings. The van der Waals surface area contributed by atoms with Crippen molar-refractivity contribution >= 4 is 28.1 Å². The lowest BCUT2D eigenvalue weighted by Crippen LogP contribution is -2.25. The van der Waals surface area contributed by atoms with Crippen molar-refractivity contribution in [3.8, 4) is 27.6 Å². The predicted octanol–water partition coefficient (Wildman–Crippen LogP) is 6.59. The average molecular weight is 446 g/mol. The summed E-state index contributed by atoms with van der Waals surface area (Å²) < 4.78 is 4.28. The Balaban J connectivity index is 1.50. The Morgan fingerprint density at radius 1 is 0.818 bits per heavy atom. The second-order valence-electron chi connectivity index (χ2n) is 8.08. The lowest BCUT2D eigenvalue weighted by Gasteiger charge is -2.30. The molecule has 3 aromatic heterocycles. The van der Waals surface area contributed by atoms with Crippen LogP contribution in [0.15, 0.2) is 103 Å². The summed E-state index contributed by atoms with van der Waals surface area (Å²) in [7, 11) is 0. The highest BCUT2D eigenvalue weighted by Crippen LogP contribution is 2.43. The van der Waals surface area contributed by atoms with Crippen LogP contribution in [-0.2, 0) is 0 Å². The first kappa shape index (κ1) is 18.4. The van der Waals surface area contributed by atoms with Gasteiger partial charge in [0.25, 0.3) is 0 Å². The van der Waals surface area contributed by atoms with Gasteiger partial charge in [-0.15, -0.1) is 11.3 Å². The molecule has 0 spiro atoms. The topological polar surface area (TPSA) is 47.7 Å². The maximum Gasteiger partial charge on any atom is 0.145 e. The summed E-state index contributed by atoms with van der Waals surface area (Å²) in [5.41, 5.74) is 7.41. The molecule has 3 aromatic carbocycles. The number of aromatic nitrogens is 4. The van der Waals surface area contributed by atoms with Crippen LogP contribution in [0.4, 0.5) is 5.69 Å². The van der Waals surface area contributed by atoms with E-state index >= 15 is 0 Å². The summed E-state index contributed by atoms with van der Waals surface area (Å²) in [6, 6.07) is 31.2. The smallest absolute Gasteiger partial charge is 0.145 e. The summed E-state index contributed by atoms with van der Waals surface area (Å²) in [6.45, 7) is 0. The zero-order valence-corrected chi connectivity index (χ0v) is 18.4. The number of rotatable bonds is 3. The molecule has 0 fully saturated rings. The number of anilines is 1. The van der Waals surface area contributed by atoms with Gasteiger partial charge in [-0.1, -0.05) is 48.5 Å².